The van der Waals surface area contributed by atoms with E-state index in [0.29, 0.717) is 6.44 Å². The Bertz CT molecular complexity index is 269. The molecule has 0 saturated carbocycles. The molecular weight excluding hydrogens is 227 g/mol. The van der Waals surface area contributed by atoms with Crippen molar-refractivity contribution in [3.63, 3.8) is 0 Å². The monoisotopic (exact) mass is 253 g/mol. The molecule has 103 valence electrons. The number of nitrogens with zero attached hydrogens (tertiary/aromatic N) is 2. The van der Waals surface area contributed by atoms with Gasteiger partial charge in [0.2, 0.25) is 0 Å². The van der Waals surface area contributed by atoms with Crippen LogP contribution in [0.4, 0.5) is 0 Å². The average molecular weight is 253 g/mol. The summed E-state index contributed by atoms with van der Waals surface area (Å²) in [6, 6.07) is 0. The van der Waals surface area contributed by atoms with Gasteiger partial charge in [0.15, 0.2) is 0 Å². The van der Waals surface area contributed by atoms with Gasteiger partial charge in [-0.25, -0.2) is 0 Å². The molecule has 1 saturated heterocycles. The Morgan fingerprint density at radius 1 is 1.28 bits per heavy atom. The summed E-state index contributed by atoms with van der Waals surface area (Å²) in [5, 5.41) is 9.90. The molecule has 1 heterocycles. The summed E-state index contributed by atoms with van der Waals surface area (Å²) in [4.78, 5) is 6.69. The van der Waals surface area contributed by atoms with Gasteiger partial charge in [0.1, 0.15) is 0 Å². The lowest BCUT2D eigenvalue weighted by Crippen LogP contribution is -2.48. The number of aliphatic imine (C=N–C) groups is 1. The van der Waals surface area contributed by atoms with Crippen LogP contribution in [0.3, 0.4) is 0 Å². The van der Waals surface area contributed by atoms with Gasteiger partial charge >= 0.3 is 7.48 Å². The number of likely N-dealkylation sites (tertiary alicyclic amines) is 1. The van der Waals surface area contributed by atoms with Crippen LogP contribution in [0.15, 0.2) is 4.99 Å². The molecule has 0 amide bonds. The zero-order chi connectivity index (χ0) is 13.6. The molecule has 0 aromatic heterocycles. The molecule has 0 aliphatic carbocycles. The maximum atomic E-state index is 9.90. The fraction of sp³-hybridized carbons (Fsp3) is 0.923. The minimum absolute atomic E-state index is 0.535. The van der Waals surface area contributed by atoms with Gasteiger partial charge in [0, 0.05) is 19.2 Å². The van der Waals surface area contributed by atoms with Crippen molar-refractivity contribution in [2.75, 3.05) is 26.1 Å². The first-order valence-electron chi connectivity index (χ1n) is 6.75. The first-order valence-corrected chi connectivity index (χ1v) is 6.75. The lowest BCUT2D eigenvalue weighted by atomic mass is 9.86. The van der Waals surface area contributed by atoms with Crippen molar-refractivity contribution >= 4 is 13.7 Å². The highest BCUT2D eigenvalue weighted by atomic mass is 16.5. The summed E-state index contributed by atoms with van der Waals surface area (Å²) in [6.07, 6.45) is 5.10. The van der Waals surface area contributed by atoms with Crippen molar-refractivity contribution < 1.29 is 9.76 Å². The van der Waals surface area contributed by atoms with E-state index in [-0.39, 0.29) is 0 Å². The molecule has 5 heteroatoms. The summed E-state index contributed by atoms with van der Waals surface area (Å²) >= 11 is 0. The minimum atomic E-state index is -0.872. The standard InChI is InChI=1S/C13H26BN2O2/c1-12(2,17)13(3,4)18-14-11-15-7-10-16-8-5-6-9-16/h7,17H,5-6,8-11H2,1-4H3/b15-7-. The second-order valence-electron chi connectivity index (χ2n) is 5.91. The Balaban J connectivity index is 2.12. The first-order chi connectivity index (χ1) is 8.33. The Morgan fingerprint density at radius 3 is 2.44 bits per heavy atom. The molecule has 4 nitrogen and oxygen atoms in total. The predicted molar refractivity (Wildman–Crippen MR) is 76.2 cm³/mol. The van der Waals surface area contributed by atoms with Gasteiger partial charge in [0.25, 0.3) is 0 Å². The molecule has 1 aliphatic rings. The molecule has 1 rings (SSSR count). The molecule has 1 fully saturated rings. The van der Waals surface area contributed by atoms with E-state index in [9.17, 15) is 5.11 Å². The van der Waals surface area contributed by atoms with E-state index in [2.05, 4.69) is 9.89 Å². The highest BCUT2D eigenvalue weighted by Gasteiger charge is 2.35. The van der Waals surface area contributed by atoms with Gasteiger partial charge < -0.3 is 14.8 Å². The Morgan fingerprint density at radius 2 is 1.89 bits per heavy atom. The average Bonchev–Trinajstić information content (AvgIpc) is 2.74. The largest absolute Gasteiger partial charge is 0.431 e. The maximum Gasteiger partial charge on any atom is 0.316 e. The smallest absolute Gasteiger partial charge is 0.316 e. The Kier molecular flexibility index (Phi) is 5.82. The Labute approximate surface area is 112 Å². The summed E-state index contributed by atoms with van der Waals surface area (Å²) in [7, 11) is 1.67. The molecule has 0 aromatic carbocycles. The van der Waals surface area contributed by atoms with Gasteiger partial charge in [-0.15, -0.1) is 0 Å². The van der Waals surface area contributed by atoms with Gasteiger partial charge in [0.05, 0.1) is 11.2 Å². The Hall–Kier alpha value is -0.385. The van der Waals surface area contributed by atoms with Crippen LogP contribution in [0.1, 0.15) is 40.5 Å². The molecule has 1 radical (unpaired) electrons. The van der Waals surface area contributed by atoms with Gasteiger partial charge in [-0.2, -0.15) is 0 Å². The highest BCUT2D eigenvalue weighted by Crippen LogP contribution is 2.24. The zero-order valence-corrected chi connectivity index (χ0v) is 12.1. The highest BCUT2D eigenvalue weighted by molar-refractivity contribution is 6.27. The van der Waals surface area contributed by atoms with Crippen molar-refractivity contribution in [2.45, 2.75) is 51.7 Å². The van der Waals surface area contributed by atoms with Crippen LogP contribution in [-0.4, -0.2) is 61.0 Å². The second kappa shape index (κ2) is 6.69. The number of hydrogen-bond acceptors (Lipinski definition) is 4. The third-order valence-corrected chi connectivity index (χ3v) is 3.70. The quantitative estimate of drug-likeness (QED) is 0.422. The topological polar surface area (TPSA) is 45.1 Å². The van der Waals surface area contributed by atoms with Gasteiger partial charge in [-0.1, -0.05) is 0 Å². The molecule has 0 bridgehead atoms. The molecule has 18 heavy (non-hydrogen) atoms. The third-order valence-electron chi connectivity index (χ3n) is 3.70. The molecule has 0 unspecified atom stereocenters. The van der Waals surface area contributed by atoms with E-state index in [0.717, 1.165) is 6.54 Å². The minimum Gasteiger partial charge on any atom is -0.431 e. The summed E-state index contributed by atoms with van der Waals surface area (Å²) in [5.74, 6) is 0. The lowest BCUT2D eigenvalue weighted by Gasteiger charge is -2.37. The van der Waals surface area contributed by atoms with E-state index >= 15 is 0 Å². The van der Waals surface area contributed by atoms with Crippen LogP contribution in [0.5, 0.6) is 0 Å². The second-order valence-corrected chi connectivity index (χ2v) is 5.91. The molecule has 1 aliphatic heterocycles. The number of rotatable bonds is 7. The summed E-state index contributed by atoms with van der Waals surface area (Å²) in [6.45, 7) is 10.6. The fourth-order valence-corrected chi connectivity index (χ4v) is 1.65. The van der Waals surface area contributed by atoms with E-state index in [1.807, 2.05) is 20.1 Å². The van der Waals surface area contributed by atoms with E-state index < -0.39 is 11.2 Å². The zero-order valence-electron chi connectivity index (χ0n) is 12.1. The van der Waals surface area contributed by atoms with Gasteiger partial charge in [-0.05, 0) is 53.6 Å². The van der Waals surface area contributed by atoms with E-state index in [1.54, 1.807) is 21.3 Å². The maximum absolute atomic E-state index is 9.90. The van der Waals surface area contributed by atoms with Crippen molar-refractivity contribution in [3.05, 3.63) is 0 Å². The molecule has 1 N–H and O–H groups in total. The first kappa shape index (κ1) is 15.7. The van der Waals surface area contributed by atoms with Crippen LogP contribution in [-0.2, 0) is 4.65 Å². The summed E-state index contributed by atoms with van der Waals surface area (Å²) in [5.41, 5.74) is -1.47. The van der Waals surface area contributed by atoms with Crippen LogP contribution >= 0.6 is 0 Å². The summed E-state index contributed by atoms with van der Waals surface area (Å²) < 4.78 is 5.56. The van der Waals surface area contributed by atoms with Crippen LogP contribution in [0.25, 0.3) is 0 Å². The normalized spacial score (nSPS) is 18.7. The van der Waals surface area contributed by atoms with Crippen LogP contribution < -0.4 is 0 Å². The van der Waals surface area contributed by atoms with Crippen LogP contribution in [0.2, 0.25) is 0 Å². The van der Waals surface area contributed by atoms with Crippen LogP contribution in [0, 0.1) is 0 Å². The van der Waals surface area contributed by atoms with Crippen molar-refractivity contribution in [1.82, 2.24) is 4.90 Å². The van der Waals surface area contributed by atoms with Gasteiger partial charge in [-0.3, -0.25) is 4.90 Å². The number of hydrogen-bond donors (Lipinski definition) is 1. The fourth-order valence-electron chi connectivity index (χ4n) is 1.65. The third kappa shape index (κ3) is 5.08. The van der Waals surface area contributed by atoms with Crippen molar-refractivity contribution in [2.24, 2.45) is 4.99 Å². The number of aliphatic hydroxyl groups is 1. The van der Waals surface area contributed by atoms with Crippen molar-refractivity contribution in [3.8, 4) is 0 Å². The molecule has 0 aromatic rings. The predicted octanol–water partition coefficient (Wildman–Crippen LogP) is 1.30. The van der Waals surface area contributed by atoms with E-state index in [1.165, 1.54) is 25.9 Å². The SMILES string of the molecule is CC(C)(O)C(C)(C)O[B]C/N=C\CN1CCCC1. The van der Waals surface area contributed by atoms with Crippen molar-refractivity contribution in [1.29, 1.82) is 0 Å². The van der Waals surface area contributed by atoms with E-state index in [4.69, 9.17) is 4.65 Å². The molecule has 0 atom stereocenters. The molecular formula is C13H26BN2O2. The lowest BCUT2D eigenvalue weighted by molar-refractivity contribution is -0.0902. The molecule has 0 spiro atoms.